The van der Waals surface area contributed by atoms with Crippen LogP contribution in [0, 0.1) is 0 Å². The quantitative estimate of drug-likeness (QED) is 0.269. The van der Waals surface area contributed by atoms with Crippen LogP contribution in [0.4, 0.5) is 0 Å². The standard InChI is InChI=1S/C28H21Cl3N4O3S/c29-20-8-7-15(11-21(20)30)10-16(14-34-27(37)17-4-1-2-5-18(17)28(34)38)33-26(36)24-12-19-23(39-24)6-3-9-35-25(19)22(31)13-32-35/h1-2,4-5,7-8,11-13,16H,3,6,9-10,14H2,(H,33,36)/t16-/m0/s1. The first-order valence-corrected chi connectivity index (χ1v) is 14.3. The van der Waals surface area contributed by atoms with Gasteiger partial charge in [-0.3, -0.25) is 24.0 Å². The van der Waals surface area contributed by atoms with Crippen molar-refractivity contribution in [1.29, 1.82) is 0 Å². The first kappa shape index (κ1) is 26.1. The Kier molecular flexibility index (Phi) is 6.97. The number of imide groups is 1. The van der Waals surface area contributed by atoms with E-state index in [-0.39, 0.29) is 24.3 Å². The van der Waals surface area contributed by atoms with Crippen molar-refractivity contribution in [3.05, 3.63) is 96.2 Å². The number of carbonyl (C=O) groups is 3. The van der Waals surface area contributed by atoms with Crippen LogP contribution in [0.25, 0.3) is 11.3 Å². The number of amides is 3. The summed E-state index contributed by atoms with van der Waals surface area (Å²) in [6, 6.07) is 13.2. The Hall–Kier alpha value is -3.17. The van der Waals surface area contributed by atoms with Crippen LogP contribution in [0.15, 0.2) is 54.7 Å². The maximum Gasteiger partial charge on any atom is 0.261 e. The Balaban J connectivity index is 1.29. The van der Waals surface area contributed by atoms with E-state index in [1.54, 1.807) is 42.6 Å². The summed E-state index contributed by atoms with van der Waals surface area (Å²) in [5.41, 5.74) is 3.25. The zero-order valence-electron chi connectivity index (χ0n) is 20.4. The molecule has 0 saturated heterocycles. The fourth-order valence-electron chi connectivity index (χ4n) is 5.11. The fraction of sp³-hybridized carbons (Fsp3) is 0.214. The van der Waals surface area contributed by atoms with E-state index < -0.39 is 6.04 Å². The number of benzene rings is 2. The van der Waals surface area contributed by atoms with E-state index in [1.165, 1.54) is 16.2 Å². The minimum Gasteiger partial charge on any atom is -0.346 e. The molecular formula is C28H21Cl3N4O3S. The number of aryl methyl sites for hydroxylation is 2. The van der Waals surface area contributed by atoms with Crippen LogP contribution in [0.2, 0.25) is 15.1 Å². The second-order valence-corrected chi connectivity index (χ2v) is 11.9. The van der Waals surface area contributed by atoms with Crippen LogP contribution in [-0.4, -0.2) is 45.0 Å². The van der Waals surface area contributed by atoms with E-state index in [2.05, 4.69) is 10.4 Å². The molecule has 0 radical (unpaired) electrons. The molecule has 39 heavy (non-hydrogen) atoms. The number of nitrogens with zero attached hydrogens (tertiary/aromatic N) is 3. The van der Waals surface area contributed by atoms with E-state index >= 15 is 0 Å². The van der Waals surface area contributed by atoms with E-state index in [0.717, 1.165) is 41.1 Å². The largest absolute Gasteiger partial charge is 0.346 e. The highest BCUT2D eigenvalue weighted by Gasteiger charge is 2.37. The molecule has 4 aromatic rings. The molecule has 4 heterocycles. The molecule has 3 amide bonds. The van der Waals surface area contributed by atoms with Gasteiger partial charge in [-0.25, -0.2) is 0 Å². The van der Waals surface area contributed by atoms with Gasteiger partial charge in [0.2, 0.25) is 0 Å². The van der Waals surface area contributed by atoms with Crippen LogP contribution in [-0.2, 0) is 19.4 Å². The highest BCUT2D eigenvalue weighted by Crippen LogP contribution is 2.38. The molecule has 0 aliphatic carbocycles. The maximum atomic E-state index is 13.6. The zero-order valence-corrected chi connectivity index (χ0v) is 23.5. The summed E-state index contributed by atoms with van der Waals surface area (Å²) in [5.74, 6) is -1.05. The molecule has 2 aromatic carbocycles. The highest BCUT2D eigenvalue weighted by molar-refractivity contribution is 7.14. The Morgan fingerprint density at radius 1 is 0.974 bits per heavy atom. The van der Waals surface area contributed by atoms with Crippen molar-refractivity contribution in [3.8, 4) is 11.3 Å². The molecule has 1 N–H and O–H groups in total. The van der Waals surface area contributed by atoms with Crippen molar-refractivity contribution in [3.63, 3.8) is 0 Å². The summed E-state index contributed by atoms with van der Waals surface area (Å²) in [5, 5.41) is 8.78. The van der Waals surface area contributed by atoms with Gasteiger partial charge < -0.3 is 5.32 Å². The lowest BCUT2D eigenvalue weighted by Gasteiger charge is -2.24. The van der Waals surface area contributed by atoms with Gasteiger partial charge in [0.25, 0.3) is 17.7 Å². The van der Waals surface area contributed by atoms with Gasteiger partial charge in [-0.2, -0.15) is 5.10 Å². The van der Waals surface area contributed by atoms with Gasteiger partial charge >= 0.3 is 0 Å². The molecule has 0 fully saturated rings. The monoisotopic (exact) mass is 598 g/mol. The summed E-state index contributed by atoms with van der Waals surface area (Å²) in [6.07, 6.45) is 3.66. The smallest absolute Gasteiger partial charge is 0.261 e. The lowest BCUT2D eigenvalue weighted by atomic mass is 10.0. The Labute approximate surface area is 243 Å². The summed E-state index contributed by atoms with van der Waals surface area (Å²) in [6.45, 7) is 0.763. The topological polar surface area (TPSA) is 84.3 Å². The maximum absolute atomic E-state index is 13.6. The summed E-state index contributed by atoms with van der Waals surface area (Å²) in [4.78, 5) is 42.5. The molecule has 0 bridgehead atoms. The third-order valence-corrected chi connectivity index (χ3v) is 9.15. The third-order valence-electron chi connectivity index (χ3n) is 6.94. The summed E-state index contributed by atoms with van der Waals surface area (Å²) in [7, 11) is 0. The molecule has 0 saturated carbocycles. The van der Waals surface area contributed by atoms with Gasteiger partial charge in [-0.1, -0.05) is 53.0 Å². The number of hydrogen-bond acceptors (Lipinski definition) is 5. The van der Waals surface area contributed by atoms with Gasteiger partial charge in [0.1, 0.15) is 0 Å². The second-order valence-electron chi connectivity index (χ2n) is 9.50. The van der Waals surface area contributed by atoms with Gasteiger partial charge in [-0.15, -0.1) is 11.3 Å². The summed E-state index contributed by atoms with van der Waals surface area (Å²) >= 11 is 20.2. The number of thiophene rings is 1. The third kappa shape index (κ3) is 4.87. The molecule has 11 heteroatoms. The van der Waals surface area contributed by atoms with E-state index in [9.17, 15) is 14.4 Å². The Morgan fingerprint density at radius 3 is 2.44 bits per heavy atom. The van der Waals surface area contributed by atoms with Crippen molar-refractivity contribution in [2.24, 2.45) is 0 Å². The molecule has 2 aliphatic rings. The number of fused-ring (bicyclic) bond motifs is 4. The molecule has 0 spiro atoms. The molecule has 2 aliphatic heterocycles. The minimum absolute atomic E-state index is 0.00200. The average Bonchev–Trinajstić information content (AvgIpc) is 3.53. The van der Waals surface area contributed by atoms with Crippen LogP contribution in [0.3, 0.4) is 0 Å². The van der Waals surface area contributed by atoms with Crippen molar-refractivity contribution in [2.75, 3.05) is 6.54 Å². The predicted octanol–water partition coefficient (Wildman–Crippen LogP) is 6.16. The molecule has 7 nitrogen and oxygen atoms in total. The van der Waals surface area contributed by atoms with Crippen LogP contribution >= 0.6 is 46.1 Å². The van der Waals surface area contributed by atoms with Crippen molar-refractivity contribution in [2.45, 2.75) is 31.8 Å². The fourth-order valence-corrected chi connectivity index (χ4v) is 6.78. The van der Waals surface area contributed by atoms with Gasteiger partial charge in [0.15, 0.2) is 0 Å². The highest BCUT2D eigenvalue weighted by atomic mass is 35.5. The van der Waals surface area contributed by atoms with E-state index in [4.69, 9.17) is 34.8 Å². The van der Waals surface area contributed by atoms with Crippen LogP contribution in [0.5, 0.6) is 0 Å². The van der Waals surface area contributed by atoms with E-state index in [1.807, 2.05) is 16.8 Å². The average molecular weight is 600 g/mol. The number of carbonyl (C=O) groups excluding carboxylic acids is 3. The van der Waals surface area contributed by atoms with Gasteiger partial charge in [0, 0.05) is 23.5 Å². The first-order chi connectivity index (χ1) is 18.8. The van der Waals surface area contributed by atoms with E-state index in [0.29, 0.717) is 37.5 Å². The number of nitrogens with one attached hydrogen (secondary N) is 1. The van der Waals surface area contributed by atoms with Crippen molar-refractivity contribution < 1.29 is 14.4 Å². The zero-order chi connectivity index (χ0) is 27.3. The Bertz CT molecular complexity index is 1610. The summed E-state index contributed by atoms with van der Waals surface area (Å²) < 4.78 is 1.87. The van der Waals surface area contributed by atoms with Crippen molar-refractivity contribution >= 4 is 63.9 Å². The lowest BCUT2D eigenvalue weighted by molar-refractivity contribution is 0.0629. The predicted molar refractivity (Wildman–Crippen MR) is 152 cm³/mol. The van der Waals surface area contributed by atoms with Crippen molar-refractivity contribution in [1.82, 2.24) is 20.0 Å². The molecule has 1 atom stereocenters. The number of aromatic nitrogens is 2. The van der Waals surface area contributed by atoms with Crippen LogP contribution in [0.1, 0.15) is 47.2 Å². The van der Waals surface area contributed by atoms with Crippen LogP contribution < -0.4 is 5.32 Å². The molecule has 198 valence electrons. The lowest BCUT2D eigenvalue weighted by Crippen LogP contribution is -2.46. The molecule has 2 aromatic heterocycles. The first-order valence-electron chi connectivity index (χ1n) is 12.3. The molecule has 6 rings (SSSR count). The van der Waals surface area contributed by atoms with Gasteiger partial charge in [-0.05, 0) is 55.2 Å². The molecule has 0 unspecified atom stereocenters. The normalized spacial score (nSPS) is 15.0. The number of hydrogen-bond donors (Lipinski definition) is 1. The Morgan fingerprint density at radius 2 is 1.72 bits per heavy atom. The minimum atomic E-state index is -0.576. The van der Waals surface area contributed by atoms with Gasteiger partial charge in [0.05, 0.1) is 49.0 Å². The second kappa shape index (κ2) is 10.4. The SMILES string of the molecule is O=C(N[C@@H](Cc1ccc(Cl)c(Cl)c1)CN1C(=O)c2ccccc2C1=O)c1cc2c(s1)CCCn1ncc(Cl)c1-2. The molecular weight excluding hydrogens is 579 g/mol. The number of rotatable bonds is 6. The number of halogens is 3.